The smallest absolute Gasteiger partial charge is 0.263 e. The van der Waals surface area contributed by atoms with Gasteiger partial charge in [-0.15, -0.1) is 0 Å². The summed E-state index contributed by atoms with van der Waals surface area (Å²) in [6.07, 6.45) is 0. The van der Waals surface area contributed by atoms with Crippen LogP contribution in [0.25, 0.3) is 0 Å². The molecule has 108 valence electrons. The van der Waals surface area contributed by atoms with Crippen LogP contribution in [0.3, 0.4) is 0 Å². The number of nitrogen functional groups attached to an aromatic ring is 1. The maximum Gasteiger partial charge on any atom is 0.263 e. The van der Waals surface area contributed by atoms with Crippen LogP contribution in [-0.2, 0) is 10.0 Å². The van der Waals surface area contributed by atoms with Crippen molar-refractivity contribution >= 4 is 33.0 Å². The number of hydrogen-bond acceptors (Lipinski definition) is 4. The quantitative estimate of drug-likeness (QED) is 0.849. The number of halogens is 1. The Morgan fingerprint density at radius 1 is 1.24 bits per heavy atom. The van der Waals surface area contributed by atoms with Crippen LogP contribution in [0.2, 0.25) is 5.02 Å². The fourth-order valence-electron chi connectivity index (χ4n) is 1.77. The molecule has 0 radical (unpaired) electrons. The third-order valence-corrected chi connectivity index (χ3v) is 4.52. The van der Waals surface area contributed by atoms with Gasteiger partial charge in [-0.25, -0.2) is 8.42 Å². The van der Waals surface area contributed by atoms with E-state index < -0.39 is 10.0 Å². The molecule has 7 heteroatoms. The molecule has 21 heavy (non-hydrogen) atoms. The Labute approximate surface area is 128 Å². The first-order chi connectivity index (χ1) is 9.83. The average Bonchev–Trinajstić information content (AvgIpc) is 2.41. The van der Waals surface area contributed by atoms with Gasteiger partial charge in [0.05, 0.1) is 16.3 Å². The minimum Gasteiger partial charge on any atom is -0.399 e. The molecule has 0 amide bonds. The standard InChI is InChI=1S/C14H12ClN3O2S/c1-9-2-4-13(12(15)6-9)18-21(19,20)14-5-3-11(17)7-10(14)8-16/h2-7,18H,17H2,1H3. The SMILES string of the molecule is Cc1ccc(NS(=O)(=O)c2ccc(N)cc2C#N)c(Cl)c1. The molecule has 2 rings (SSSR count). The third-order valence-electron chi connectivity index (χ3n) is 2.78. The van der Waals surface area contributed by atoms with Gasteiger partial charge in [0.2, 0.25) is 0 Å². The molecule has 0 aromatic heterocycles. The zero-order chi connectivity index (χ0) is 15.6. The van der Waals surface area contributed by atoms with Gasteiger partial charge in [0.25, 0.3) is 10.0 Å². The predicted octanol–water partition coefficient (Wildman–Crippen LogP) is 2.90. The van der Waals surface area contributed by atoms with Crippen LogP contribution in [-0.4, -0.2) is 8.42 Å². The summed E-state index contributed by atoms with van der Waals surface area (Å²) in [6.45, 7) is 1.85. The number of anilines is 2. The van der Waals surface area contributed by atoms with Crippen molar-refractivity contribution in [3.63, 3.8) is 0 Å². The fraction of sp³-hybridized carbons (Fsp3) is 0.0714. The van der Waals surface area contributed by atoms with Gasteiger partial charge in [0.15, 0.2) is 0 Å². The lowest BCUT2D eigenvalue weighted by Gasteiger charge is -2.11. The molecule has 2 aromatic rings. The van der Waals surface area contributed by atoms with Crippen LogP contribution in [0.5, 0.6) is 0 Å². The summed E-state index contributed by atoms with van der Waals surface area (Å²) in [4.78, 5) is -0.143. The van der Waals surface area contributed by atoms with Crippen molar-refractivity contribution < 1.29 is 8.42 Å². The van der Waals surface area contributed by atoms with Crippen LogP contribution >= 0.6 is 11.6 Å². The Bertz CT molecular complexity index is 842. The topological polar surface area (TPSA) is 96.0 Å². The largest absolute Gasteiger partial charge is 0.399 e. The third kappa shape index (κ3) is 3.27. The number of nitriles is 1. The Morgan fingerprint density at radius 3 is 2.57 bits per heavy atom. The van der Waals surface area contributed by atoms with E-state index >= 15 is 0 Å². The fourth-order valence-corrected chi connectivity index (χ4v) is 3.33. The van der Waals surface area contributed by atoms with Crippen molar-refractivity contribution in [2.24, 2.45) is 0 Å². The number of benzene rings is 2. The Balaban J connectivity index is 2.46. The second kappa shape index (κ2) is 5.64. The average molecular weight is 322 g/mol. The number of nitrogens with two attached hydrogens (primary N) is 1. The second-order valence-corrected chi connectivity index (χ2v) is 6.51. The first-order valence-corrected chi connectivity index (χ1v) is 7.78. The van der Waals surface area contributed by atoms with Gasteiger partial charge >= 0.3 is 0 Å². The predicted molar refractivity (Wildman–Crippen MR) is 82.6 cm³/mol. The van der Waals surface area contributed by atoms with Crippen LogP contribution in [0, 0.1) is 18.3 Å². The molecule has 0 saturated heterocycles. The molecule has 3 N–H and O–H groups in total. The molecule has 0 fully saturated rings. The maximum atomic E-state index is 12.4. The lowest BCUT2D eigenvalue weighted by Crippen LogP contribution is -2.15. The highest BCUT2D eigenvalue weighted by molar-refractivity contribution is 7.92. The van der Waals surface area contributed by atoms with Crippen LogP contribution in [0.4, 0.5) is 11.4 Å². The van der Waals surface area contributed by atoms with Crippen LogP contribution in [0.1, 0.15) is 11.1 Å². The summed E-state index contributed by atoms with van der Waals surface area (Å²) in [7, 11) is -3.92. The van der Waals surface area contributed by atoms with Gasteiger partial charge in [-0.05, 0) is 42.8 Å². The van der Waals surface area contributed by atoms with Gasteiger partial charge < -0.3 is 5.73 Å². The minimum atomic E-state index is -3.92. The molecule has 0 heterocycles. The molecule has 5 nitrogen and oxygen atoms in total. The van der Waals surface area contributed by atoms with E-state index in [0.717, 1.165) is 5.56 Å². The number of hydrogen-bond donors (Lipinski definition) is 2. The molecule has 0 atom stereocenters. The van der Waals surface area contributed by atoms with Crippen LogP contribution in [0.15, 0.2) is 41.3 Å². The van der Waals surface area contributed by atoms with Crippen LogP contribution < -0.4 is 10.5 Å². The normalized spacial score (nSPS) is 10.9. The molecule has 0 saturated carbocycles. The Morgan fingerprint density at radius 2 is 1.95 bits per heavy atom. The lowest BCUT2D eigenvalue weighted by atomic mass is 10.2. The van der Waals surface area contributed by atoms with E-state index in [1.807, 2.05) is 13.0 Å². The second-order valence-electron chi connectivity index (χ2n) is 4.46. The van der Waals surface area contributed by atoms with E-state index in [1.54, 1.807) is 18.2 Å². The summed E-state index contributed by atoms with van der Waals surface area (Å²) >= 11 is 6.01. The highest BCUT2D eigenvalue weighted by Gasteiger charge is 2.20. The minimum absolute atomic E-state index is 0.0225. The van der Waals surface area contributed by atoms with E-state index in [0.29, 0.717) is 5.69 Å². The van der Waals surface area contributed by atoms with Crippen molar-refractivity contribution in [3.05, 3.63) is 52.5 Å². The molecule has 0 aliphatic heterocycles. The van der Waals surface area contributed by atoms with E-state index in [4.69, 9.17) is 22.6 Å². The van der Waals surface area contributed by atoms with Gasteiger partial charge in [-0.2, -0.15) is 5.26 Å². The van der Waals surface area contributed by atoms with E-state index in [-0.39, 0.29) is 21.2 Å². The van der Waals surface area contributed by atoms with Crippen molar-refractivity contribution in [2.45, 2.75) is 11.8 Å². The van der Waals surface area contributed by atoms with Gasteiger partial charge in [0, 0.05) is 5.69 Å². The summed E-state index contributed by atoms with van der Waals surface area (Å²) < 4.78 is 27.1. The van der Waals surface area contributed by atoms with E-state index in [1.165, 1.54) is 18.2 Å². The van der Waals surface area contributed by atoms with Gasteiger partial charge in [-0.3, -0.25) is 4.72 Å². The molecule has 0 unspecified atom stereocenters. The highest BCUT2D eigenvalue weighted by atomic mass is 35.5. The van der Waals surface area contributed by atoms with E-state index in [9.17, 15) is 8.42 Å². The van der Waals surface area contributed by atoms with Gasteiger partial charge in [-0.1, -0.05) is 17.7 Å². The molecule has 0 bridgehead atoms. The number of rotatable bonds is 3. The monoisotopic (exact) mass is 321 g/mol. The summed E-state index contributed by atoms with van der Waals surface area (Å²) in [5.41, 5.74) is 7.01. The number of nitrogens with one attached hydrogen (secondary N) is 1. The molecule has 0 spiro atoms. The lowest BCUT2D eigenvalue weighted by molar-refractivity contribution is 0.601. The summed E-state index contributed by atoms with van der Waals surface area (Å²) in [6, 6.07) is 10.8. The van der Waals surface area contributed by atoms with Crippen molar-refractivity contribution in [1.82, 2.24) is 0 Å². The highest BCUT2D eigenvalue weighted by Crippen LogP contribution is 2.27. The number of nitrogens with zero attached hydrogens (tertiary/aromatic N) is 1. The Kier molecular flexibility index (Phi) is 4.07. The van der Waals surface area contributed by atoms with Crippen molar-refractivity contribution in [3.8, 4) is 6.07 Å². The Hall–Kier alpha value is -2.23. The zero-order valence-electron chi connectivity index (χ0n) is 11.1. The summed E-state index contributed by atoms with van der Waals surface area (Å²) in [5.74, 6) is 0. The van der Waals surface area contributed by atoms with Crippen molar-refractivity contribution in [2.75, 3.05) is 10.5 Å². The molecule has 0 aliphatic rings. The first kappa shape index (κ1) is 15.2. The molecule has 0 aliphatic carbocycles. The molecular weight excluding hydrogens is 310 g/mol. The maximum absolute atomic E-state index is 12.4. The molecular formula is C14H12ClN3O2S. The first-order valence-electron chi connectivity index (χ1n) is 5.92. The number of sulfonamides is 1. The summed E-state index contributed by atoms with van der Waals surface area (Å²) in [5, 5.41) is 9.32. The van der Waals surface area contributed by atoms with Crippen molar-refractivity contribution in [1.29, 1.82) is 5.26 Å². The molecule has 2 aromatic carbocycles. The van der Waals surface area contributed by atoms with E-state index in [2.05, 4.69) is 4.72 Å². The van der Waals surface area contributed by atoms with Gasteiger partial charge in [0.1, 0.15) is 11.0 Å². The number of aryl methyl sites for hydroxylation is 1. The zero-order valence-corrected chi connectivity index (χ0v) is 12.7.